The molecule has 6 aromatic rings. The van der Waals surface area contributed by atoms with Gasteiger partial charge in [0, 0.05) is 58.3 Å². The van der Waals surface area contributed by atoms with Crippen LogP contribution in [0.3, 0.4) is 0 Å². The van der Waals surface area contributed by atoms with Gasteiger partial charge in [0.15, 0.2) is 0 Å². The summed E-state index contributed by atoms with van der Waals surface area (Å²) in [5.74, 6) is 3.55. The topological polar surface area (TPSA) is 129 Å². The van der Waals surface area contributed by atoms with Crippen molar-refractivity contribution in [3.05, 3.63) is 178 Å². The second-order valence-electron chi connectivity index (χ2n) is 27.4. The third kappa shape index (κ3) is 16.4. The minimum absolute atomic E-state index is 0.0210. The van der Waals surface area contributed by atoms with Gasteiger partial charge in [-0.05, 0) is 132 Å². The molecule has 6 aromatic carbocycles. The maximum Gasteiger partial charge on any atom is 0.306 e. The minimum Gasteiger partial charge on any atom is -0.465 e. The van der Waals surface area contributed by atoms with Gasteiger partial charge in [0.25, 0.3) is 0 Å². The van der Waals surface area contributed by atoms with Crippen LogP contribution in [-0.2, 0) is 52.3 Å². The third-order valence-electron chi connectivity index (χ3n) is 18.7. The van der Waals surface area contributed by atoms with E-state index in [2.05, 4.69) is 113 Å². The molecule has 454 valence electrons. The number of hydrogen-bond donors (Lipinski definition) is 2. The third-order valence-corrected chi connectivity index (χ3v) is 18.7. The Kier molecular flexibility index (Phi) is 20.5. The first-order chi connectivity index (χ1) is 41.5. The number of benzene rings is 6. The number of carbonyl (C=O) groups is 4. The molecule has 2 aliphatic carbocycles. The summed E-state index contributed by atoms with van der Waals surface area (Å²) >= 11 is 0. The van der Waals surface area contributed by atoms with Gasteiger partial charge in [0.2, 0.25) is 11.8 Å². The van der Waals surface area contributed by atoms with E-state index < -0.39 is 0 Å². The van der Waals surface area contributed by atoms with E-state index in [1.807, 2.05) is 72.8 Å². The average molecular weight is 1160 g/mol. The average Bonchev–Trinajstić information content (AvgIpc) is 1.31. The van der Waals surface area contributed by atoms with Gasteiger partial charge >= 0.3 is 11.9 Å². The van der Waals surface area contributed by atoms with Gasteiger partial charge in [-0.15, -0.1) is 0 Å². The molecule has 2 amide bonds. The maximum atomic E-state index is 14.1. The molecule has 4 aliphatic rings. The van der Waals surface area contributed by atoms with E-state index in [0.29, 0.717) is 25.0 Å². The predicted octanol–water partition coefficient (Wildman–Crippen LogP) is 18.4. The molecule has 2 saturated carbocycles. The lowest BCUT2D eigenvalue weighted by Crippen LogP contribution is -2.22. The Balaban J connectivity index is 0.737. The molecule has 0 spiro atoms. The first-order valence-corrected chi connectivity index (χ1v) is 32.4. The van der Waals surface area contributed by atoms with E-state index in [-0.39, 0.29) is 83.9 Å². The van der Waals surface area contributed by atoms with Crippen LogP contribution in [0.1, 0.15) is 213 Å². The molecule has 10 heteroatoms. The number of carbonyl (C=O) groups excluding carboxylic acids is 4. The molecule has 10 rings (SSSR count). The normalized spacial score (nSPS) is 16.2. The van der Waals surface area contributed by atoms with Gasteiger partial charge in [0.1, 0.15) is 23.0 Å². The van der Waals surface area contributed by atoms with Crippen molar-refractivity contribution in [1.82, 2.24) is 0 Å². The summed E-state index contributed by atoms with van der Waals surface area (Å²) in [7, 11) is 0. The number of aryl methyl sites for hydroxylation is 2. The van der Waals surface area contributed by atoms with Crippen molar-refractivity contribution >= 4 is 35.1 Å². The number of para-hydroxylation sites is 4. The van der Waals surface area contributed by atoms with Gasteiger partial charge < -0.3 is 29.6 Å². The monoisotopic (exact) mass is 1160 g/mol. The quantitative estimate of drug-likeness (QED) is 0.0607. The molecule has 10 nitrogen and oxygen atoms in total. The van der Waals surface area contributed by atoms with Crippen LogP contribution < -0.4 is 20.1 Å². The summed E-state index contributed by atoms with van der Waals surface area (Å²) in [4.78, 5) is 55.3. The van der Waals surface area contributed by atoms with Crippen molar-refractivity contribution < 1.29 is 38.1 Å². The van der Waals surface area contributed by atoms with E-state index in [9.17, 15) is 19.2 Å². The van der Waals surface area contributed by atoms with Crippen LogP contribution in [0.2, 0.25) is 0 Å². The molecule has 2 atom stereocenters. The highest BCUT2D eigenvalue weighted by Gasteiger charge is 2.32. The predicted molar refractivity (Wildman–Crippen MR) is 344 cm³/mol. The van der Waals surface area contributed by atoms with E-state index in [1.165, 1.54) is 64.2 Å². The molecule has 0 aromatic heterocycles. The minimum atomic E-state index is -0.368. The number of amides is 2. The standard InChI is InChI=1S/C76H92N2O8/c1-75(2,3)63-39-37-53(45-65(63)77-71(79)47-61-57-25-13-17-29-67(57)85-68-30-18-14-26-58(61)68)33-35-55(43-51-21-9-7-10-22-51)49-83-73(81)41-42-74(82)84-50-56(44-52-23-11-8-12-24-52)36-34-54-38-40-64(76(4,5)6)66(46-54)78-72(80)48-62-59-27-15-19-31-69(59)86-70-32-20-16-28-60(62)70/h13-20,25-32,37-40,45-46,51-52,55-56,61-62H,7-12,21-24,33-36,41-44,47-50H2,1-6H3,(H,77,79)(H,78,80). The molecule has 2 unspecified atom stereocenters. The molecule has 2 N–H and O–H groups in total. The summed E-state index contributed by atoms with van der Waals surface area (Å²) in [6.45, 7) is 13.7. The van der Waals surface area contributed by atoms with Crippen LogP contribution in [0, 0.1) is 23.7 Å². The fourth-order valence-corrected chi connectivity index (χ4v) is 14.1. The van der Waals surface area contributed by atoms with E-state index >= 15 is 0 Å². The molecule has 2 aliphatic heterocycles. The molecule has 0 bridgehead atoms. The first-order valence-electron chi connectivity index (χ1n) is 32.4. The van der Waals surface area contributed by atoms with E-state index in [4.69, 9.17) is 18.9 Å². The van der Waals surface area contributed by atoms with Crippen LogP contribution in [0.5, 0.6) is 23.0 Å². The summed E-state index contributed by atoms with van der Waals surface area (Å²) in [6.07, 6.45) is 18.0. The van der Waals surface area contributed by atoms with Crippen molar-refractivity contribution in [2.75, 3.05) is 23.8 Å². The maximum absolute atomic E-state index is 14.1. The Labute approximate surface area is 511 Å². The van der Waals surface area contributed by atoms with Crippen molar-refractivity contribution in [1.29, 1.82) is 0 Å². The lowest BCUT2D eigenvalue weighted by molar-refractivity contribution is -0.152. The number of rotatable bonds is 23. The number of nitrogens with one attached hydrogen (secondary N) is 2. The second-order valence-corrected chi connectivity index (χ2v) is 27.4. The van der Waals surface area contributed by atoms with Gasteiger partial charge in [-0.3, -0.25) is 19.2 Å². The first kappa shape index (κ1) is 61.9. The zero-order valence-corrected chi connectivity index (χ0v) is 52.0. The molecule has 0 saturated heterocycles. The Hall–Kier alpha value is -7.20. The molecule has 2 heterocycles. The van der Waals surface area contributed by atoms with Crippen LogP contribution in [-0.4, -0.2) is 37.0 Å². The highest BCUT2D eigenvalue weighted by atomic mass is 16.5. The Morgan fingerprint density at radius 1 is 0.465 bits per heavy atom. The van der Waals surface area contributed by atoms with E-state index in [1.54, 1.807) is 0 Å². The zero-order chi connectivity index (χ0) is 60.2. The number of anilines is 2. The van der Waals surface area contributed by atoms with Crippen LogP contribution in [0.25, 0.3) is 0 Å². The van der Waals surface area contributed by atoms with Crippen molar-refractivity contribution in [3.63, 3.8) is 0 Å². The van der Waals surface area contributed by atoms with E-state index in [0.717, 1.165) is 117 Å². The van der Waals surface area contributed by atoms with Crippen LogP contribution in [0.4, 0.5) is 11.4 Å². The smallest absolute Gasteiger partial charge is 0.306 e. The molecule has 0 radical (unpaired) electrons. The summed E-state index contributed by atoms with van der Waals surface area (Å²) in [5, 5.41) is 6.71. The number of hydrogen-bond acceptors (Lipinski definition) is 8. The van der Waals surface area contributed by atoms with Crippen molar-refractivity contribution in [2.24, 2.45) is 23.7 Å². The van der Waals surface area contributed by atoms with Gasteiger partial charge in [-0.1, -0.05) is 203 Å². The van der Waals surface area contributed by atoms with Crippen molar-refractivity contribution in [2.45, 2.75) is 193 Å². The largest absolute Gasteiger partial charge is 0.465 e. The zero-order valence-electron chi connectivity index (χ0n) is 52.0. The van der Waals surface area contributed by atoms with Crippen molar-refractivity contribution in [3.8, 4) is 23.0 Å². The van der Waals surface area contributed by atoms with Gasteiger partial charge in [0.05, 0.1) is 26.1 Å². The van der Waals surface area contributed by atoms with Crippen LogP contribution >= 0.6 is 0 Å². The summed E-state index contributed by atoms with van der Waals surface area (Å²) in [5.41, 5.74) is 9.72. The fraction of sp³-hybridized carbons (Fsp3) is 0.474. The molecular formula is C76H92N2O8. The summed E-state index contributed by atoms with van der Waals surface area (Å²) < 4.78 is 24.6. The number of ether oxygens (including phenoxy) is 4. The number of fused-ring (bicyclic) bond motifs is 4. The Morgan fingerprint density at radius 2 is 0.802 bits per heavy atom. The second kappa shape index (κ2) is 28.5. The lowest BCUT2D eigenvalue weighted by atomic mass is 9.81. The van der Waals surface area contributed by atoms with Crippen LogP contribution in [0.15, 0.2) is 133 Å². The lowest BCUT2D eigenvalue weighted by Gasteiger charge is -2.29. The Bertz CT molecular complexity index is 2990. The van der Waals surface area contributed by atoms with Gasteiger partial charge in [-0.2, -0.15) is 0 Å². The highest BCUT2D eigenvalue weighted by Crippen LogP contribution is 2.48. The SMILES string of the molecule is CC(C)(C)c1ccc(CCC(COC(=O)CCC(=O)OCC(CCc2ccc(C(C)(C)C)c(NC(=O)CC3c4ccccc4Oc4ccccc43)c2)CC2CCCCC2)CC2CCCCC2)cc1NC(=O)CC1c2ccccc2Oc2ccccc21. The number of esters is 2. The molecule has 86 heavy (non-hydrogen) atoms. The molecule has 2 fully saturated rings. The Morgan fingerprint density at radius 3 is 1.14 bits per heavy atom. The highest BCUT2D eigenvalue weighted by molar-refractivity contribution is 5.94. The fourth-order valence-electron chi connectivity index (χ4n) is 14.1. The molecular weight excluding hydrogens is 1070 g/mol. The van der Waals surface area contributed by atoms with Gasteiger partial charge in [-0.25, -0.2) is 0 Å². The summed E-state index contributed by atoms with van der Waals surface area (Å²) in [6, 6.07) is 45.0.